The number of aromatic nitrogens is 2. The van der Waals surface area contributed by atoms with Crippen LogP contribution in [0, 0.1) is 5.82 Å². The fourth-order valence-electron chi connectivity index (χ4n) is 1.01. The van der Waals surface area contributed by atoms with E-state index in [9.17, 15) is 4.39 Å². The molecule has 0 atom stereocenters. The van der Waals surface area contributed by atoms with Gasteiger partial charge in [-0.2, -0.15) is 0 Å². The standard InChI is InChI=1S/C10H6ClFN2S/c11-9-10(14-6-5-13-9)15-8-4-2-1-3-7(8)12/h1-6H. The maximum Gasteiger partial charge on any atom is 0.161 e. The molecule has 0 unspecified atom stereocenters. The van der Waals surface area contributed by atoms with Crippen LogP contribution in [0.1, 0.15) is 0 Å². The zero-order chi connectivity index (χ0) is 10.7. The highest BCUT2D eigenvalue weighted by atomic mass is 35.5. The van der Waals surface area contributed by atoms with Crippen molar-refractivity contribution in [2.24, 2.45) is 0 Å². The van der Waals surface area contributed by atoms with Crippen LogP contribution in [0.4, 0.5) is 4.39 Å². The molecule has 2 aromatic rings. The van der Waals surface area contributed by atoms with Crippen molar-refractivity contribution in [3.05, 3.63) is 47.6 Å². The summed E-state index contributed by atoms with van der Waals surface area (Å²) in [5.41, 5.74) is 0. The van der Waals surface area contributed by atoms with Gasteiger partial charge in [-0.3, -0.25) is 0 Å². The summed E-state index contributed by atoms with van der Waals surface area (Å²) in [5, 5.41) is 0.787. The van der Waals surface area contributed by atoms with Gasteiger partial charge in [0.1, 0.15) is 10.8 Å². The lowest BCUT2D eigenvalue weighted by Gasteiger charge is -2.02. The number of rotatable bonds is 2. The van der Waals surface area contributed by atoms with E-state index in [0.717, 1.165) is 11.8 Å². The monoisotopic (exact) mass is 240 g/mol. The van der Waals surface area contributed by atoms with Gasteiger partial charge in [-0.25, -0.2) is 14.4 Å². The van der Waals surface area contributed by atoms with Gasteiger partial charge in [-0.15, -0.1) is 0 Å². The van der Waals surface area contributed by atoms with Crippen LogP contribution in [0.3, 0.4) is 0 Å². The minimum Gasteiger partial charge on any atom is -0.245 e. The number of hydrogen-bond donors (Lipinski definition) is 0. The fourth-order valence-corrected chi connectivity index (χ4v) is 2.00. The topological polar surface area (TPSA) is 25.8 Å². The maximum absolute atomic E-state index is 13.3. The maximum atomic E-state index is 13.3. The van der Waals surface area contributed by atoms with Gasteiger partial charge < -0.3 is 0 Å². The predicted molar refractivity (Wildman–Crippen MR) is 57.6 cm³/mol. The lowest BCUT2D eigenvalue weighted by molar-refractivity contribution is 0.602. The average Bonchev–Trinajstić information content (AvgIpc) is 2.24. The Bertz CT molecular complexity index is 435. The van der Waals surface area contributed by atoms with Crippen molar-refractivity contribution in [3.63, 3.8) is 0 Å². The Morgan fingerprint density at radius 3 is 2.60 bits per heavy atom. The fraction of sp³-hybridized carbons (Fsp3) is 0. The second-order valence-electron chi connectivity index (χ2n) is 2.68. The Kier molecular flexibility index (Phi) is 3.18. The molecule has 0 amide bonds. The normalized spacial score (nSPS) is 10.3. The summed E-state index contributed by atoms with van der Waals surface area (Å²) in [6.07, 6.45) is 3.02. The van der Waals surface area contributed by atoms with Crippen molar-refractivity contribution < 1.29 is 4.39 Å². The van der Waals surface area contributed by atoms with E-state index >= 15 is 0 Å². The minimum atomic E-state index is -0.288. The summed E-state index contributed by atoms with van der Waals surface area (Å²) in [5.74, 6) is -0.288. The third-order valence-corrected chi connectivity index (χ3v) is 3.10. The zero-order valence-electron chi connectivity index (χ0n) is 7.52. The molecular weight excluding hydrogens is 235 g/mol. The largest absolute Gasteiger partial charge is 0.245 e. The van der Waals surface area contributed by atoms with Gasteiger partial charge >= 0.3 is 0 Å². The first-order chi connectivity index (χ1) is 7.27. The first-order valence-corrected chi connectivity index (χ1v) is 5.35. The van der Waals surface area contributed by atoms with Crippen molar-refractivity contribution >= 4 is 23.4 Å². The molecule has 1 heterocycles. The summed E-state index contributed by atoms with van der Waals surface area (Å²) < 4.78 is 13.3. The molecule has 0 N–H and O–H groups in total. The minimum absolute atomic E-state index is 0.283. The van der Waals surface area contributed by atoms with Crippen molar-refractivity contribution in [2.75, 3.05) is 0 Å². The van der Waals surface area contributed by atoms with Gasteiger partial charge in [-0.05, 0) is 12.1 Å². The Balaban J connectivity index is 2.30. The molecule has 1 aromatic carbocycles. The van der Waals surface area contributed by atoms with E-state index in [1.807, 2.05) is 0 Å². The molecule has 0 spiro atoms. The van der Waals surface area contributed by atoms with Crippen LogP contribution >= 0.6 is 23.4 Å². The molecule has 0 fully saturated rings. The molecule has 15 heavy (non-hydrogen) atoms. The lowest BCUT2D eigenvalue weighted by Crippen LogP contribution is -1.86. The Morgan fingerprint density at radius 1 is 1.13 bits per heavy atom. The van der Waals surface area contributed by atoms with E-state index in [-0.39, 0.29) is 11.0 Å². The number of hydrogen-bond acceptors (Lipinski definition) is 3. The van der Waals surface area contributed by atoms with Crippen LogP contribution in [-0.4, -0.2) is 9.97 Å². The Labute approximate surface area is 95.5 Å². The van der Waals surface area contributed by atoms with E-state index in [4.69, 9.17) is 11.6 Å². The first kappa shape index (κ1) is 10.4. The van der Waals surface area contributed by atoms with Gasteiger partial charge in [0, 0.05) is 17.3 Å². The Hall–Kier alpha value is -1.13. The second kappa shape index (κ2) is 4.59. The molecule has 0 radical (unpaired) electrons. The van der Waals surface area contributed by atoms with Crippen molar-refractivity contribution in [1.29, 1.82) is 0 Å². The average molecular weight is 241 g/mol. The van der Waals surface area contributed by atoms with Crippen LogP contribution in [0.15, 0.2) is 46.6 Å². The molecule has 76 valence electrons. The molecular formula is C10H6ClFN2S. The van der Waals surface area contributed by atoms with Crippen LogP contribution in [0.25, 0.3) is 0 Å². The van der Waals surface area contributed by atoms with Gasteiger partial charge in [0.15, 0.2) is 5.15 Å². The molecule has 0 saturated carbocycles. The third-order valence-electron chi connectivity index (χ3n) is 1.67. The molecule has 2 nitrogen and oxygen atoms in total. The molecule has 5 heteroatoms. The molecule has 0 bridgehead atoms. The molecule has 0 aliphatic rings. The highest BCUT2D eigenvalue weighted by Gasteiger charge is 2.07. The van der Waals surface area contributed by atoms with E-state index in [0.29, 0.717) is 9.92 Å². The predicted octanol–water partition coefficient (Wildman–Crippen LogP) is 3.42. The quantitative estimate of drug-likeness (QED) is 0.805. The van der Waals surface area contributed by atoms with Crippen LogP contribution in [-0.2, 0) is 0 Å². The smallest absolute Gasteiger partial charge is 0.161 e. The highest BCUT2D eigenvalue weighted by molar-refractivity contribution is 7.99. The van der Waals surface area contributed by atoms with Gasteiger partial charge in [0.25, 0.3) is 0 Å². The first-order valence-electron chi connectivity index (χ1n) is 4.16. The summed E-state index contributed by atoms with van der Waals surface area (Å²) in [6, 6.07) is 6.46. The van der Waals surface area contributed by atoms with Crippen molar-refractivity contribution in [1.82, 2.24) is 9.97 Å². The van der Waals surface area contributed by atoms with E-state index in [2.05, 4.69) is 9.97 Å². The molecule has 0 aliphatic heterocycles. The van der Waals surface area contributed by atoms with Crippen LogP contribution in [0.5, 0.6) is 0 Å². The molecule has 1 aromatic heterocycles. The van der Waals surface area contributed by atoms with Crippen molar-refractivity contribution in [2.45, 2.75) is 9.92 Å². The molecule has 2 rings (SSSR count). The Morgan fingerprint density at radius 2 is 1.87 bits per heavy atom. The number of halogens is 2. The van der Waals surface area contributed by atoms with Crippen molar-refractivity contribution in [3.8, 4) is 0 Å². The van der Waals surface area contributed by atoms with Gasteiger partial charge in [-0.1, -0.05) is 35.5 Å². The molecule has 0 aliphatic carbocycles. The van der Waals surface area contributed by atoms with E-state index < -0.39 is 0 Å². The third kappa shape index (κ3) is 2.46. The van der Waals surface area contributed by atoms with Crippen LogP contribution in [0.2, 0.25) is 5.15 Å². The van der Waals surface area contributed by atoms with E-state index in [1.165, 1.54) is 18.5 Å². The summed E-state index contributed by atoms with van der Waals surface area (Å²) in [6.45, 7) is 0. The summed E-state index contributed by atoms with van der Waals surface area (Å²) in [4.78, 5) is 8.37. The van der Waals surface area contributed by atoms with E-state index in [1.54, 1.807) is 18.2 Å². The molecule has 0 saturated heterocycles. The number of benzene rings is 1. The SMILES string of the molecule is Fc1ccccc1Sc1nccnc1Cl. The second-order valence-corrected chi connectivity index (χ2v) is 4.07. The highest BCUT2D eigenvalue weighted by Crippen LogP contribution is 2.31. The van der Waals surface area contributed by atoms with Gasteiger partial charge in [0.2, 0.25) is 0 Å². The zero-order valence-corrected chi connectivity index (χ0v) is 9.10. The summed E-state index contributed by atoms with van der Waals surface area (Å²) in [7, 11) is 0. The van der Waals surface area contributed by atoms with Gasteiger partial charge in [0.05, 0.1) is 0 Å². The van der Waals surface area contributed by atoms with Crippen LogP contribution < -0.4 is 0 Å². The summed E-state index contributed by atoms with van der Waals surface area (Å²) >= 11 is 6.97. The lowest BCUT2D eigenvalue weighted by atomic mass is 10.3. The number of nitrogens with zero attached hydrogens (tertiary/aromatic N) is 2.